The van der Waals surface area contributed by atoms with Crippen LogP contribution in [0.1, 0.15) is 34.2 Å². The highest BCUT2D eigenvalue weighted by Gasteiger charge is 2.19. The van der Waals surface area contributed by atoms with Crippen LogP contribution in [0.15, 0.2) is 35.0 Å². The standard InChI is InChI=1S/C18H27N5O.H2/c1-5-8-23(4)17-10-16(21-11-22-17)18(20)14-9-13(24-12(2)3)6-7-15(14)19;/h6-7,9-12,17,20H,5,8,19H2,1-4H3,(H,21,22);1H. The Kier molecular flexibility index (Phi) is 5.98. The predicted molar refractivity (Wildman–Crippen MR) is 102 cm³/mol. The van der Waals surface area contributed by atoms with E-state index in [1.807, 2.05) is 39.1 Å². The number of nitrogens with two attached hydrogens (primary N) is 1. The van der Waals surface area contributed by atoms with Crippen LogP contribution in [0.4, 0.5) is 5.69 Å². The minimum Gasteiger partial charge on any atom is -0.491 e. The molecule has 0 aromatic heterocycles. The molecule has 6 heteroatoms. The zero-order valence-electron chi connectivity index (χ0n) is 14.8. The van der Waals surface area contributed by atoms with E-state index < -0.39 is 0 Å². The number of aliphatic imine (C=N–C) groups is 1. The van der Waals surface area contributed by atoms with E-state index in [0.717, 1.165) is 13.0 Å². The Morgan fingerprint density at radius 3 is 2.92 bits per heavy atom. The number of allylic oxidation sites excluding steroid dienone is 1. The van der Waals surface area contributed by atoms with Gasteiger partial charge < -0.3 is 15.8 Å². The number of ether oxygens (including phenoxy) is 1. The molecule has 1 heterocycles. The molecular weight excluding hydrogens is 302 g/mol. The van der Waals surface area contributed by atoms with Crippen molar-refractivity contribution in [3.63, 3.8) is 0 Å². The van der Waals surface area contributed by atoms with Crippen LogP contribution in [0.25, 0.3) is 0 Å². The summed E-state index contributed by atoms with van der Waals surface area (Å²) in [5.41, 5.74) is 8.32. The summed E-state index contributed by atoms with van der Waals surface area (Å²) in [5, 5.41) is 11.6. The average Bonchev–Trinajstić information content (AvgIpc) is 2.56. The zero-order valence-corrected chi connectivity index (χ0v) is 14.8. The fourth-order valence-electron chi connectivity index (χ4n) is 2.55. The molecule has 1 aromatic carbocycles. The Labute approximate surface area is 145 Å². The number of likely N-dealkylation sites (N-methyl/N-ethyl adjacent to an activating group) is 1. The lowest BCUT2D eigenvalue weighted by Gasteiger charge is -2.25. The van der Waals surface area contributed by atoms with E-state index in [2.05, 4.69) is 22.1 Å². The second-order valence-electron chi connectivity index (χ2n) is 6.19. The van der Waals surface area contributed by atoms with E-state index in [-0.39, 0.29) is 13.7 Å². The van der Waals surface area contributed by atoms with Gasteiger partial charge in [0.25, 0.3) is 0 Å². The van der Waals surface area contributed by atoms with Crippen LogP contribution in [-0.2, 0) is 0 Å². The third-order valence-electron chi connectivity index (χ3n) is 3.73. The SMILES string of the molecule is CCCN(C)C1C=C(C(=N)c2cc(OC(C)C)ccc2N)NC=N1.[HH]. The molecule has 132 valence electrons. The molecule has 2 rings (SSSR count). The number of hydrogen-bond donors (Lipinski definition) is 3. The maximum atomic E-state index is 8.53. The normalized spacial score (nSPS) is 16.9. The molecule has 1 atom stereocenters. The van der Waals surface area contributed by atoms with Gasteiger partial charge in [-0.3, -0.25) is 15.3 Å². The van der Waals surface area contributed by atoms with Crippen LogP contribution in [0.5, 0.6) is 5.75 Å². The Bertz CT molecular complexity index is 657. The first-order chi connectivity index (χ1) is 11.4. The van der Waals surface area contributed by atoms with Crippen LogP contribution in [-0.4, -0.2) is 42.8 Å². The summed E-state index contributed by atoms with van der Waals surface area (Å²) in [4.78, 5) is 6.56. The smallest absolute Gasteiger partial charge is 0.124 e. The summed E-state index contributed by atoms with van der Waals surface area (Å²) in [6.07, 6.45) is 4.65. The van der Waals surface area contributed by atoms with Crippen molar-refractivity contribution < 1.29 is 6.16 Å². The van der Waals surface area contributed by atoms with Crippen LogP contribution in [0.2, 0.25) is 0 Å². The summed E-state index contributed by atoms with van der Waals surface area (Å²) in [5.74, 6) is 0.712. The second-order valence-corrected chi connectivity index (χ2v) is 6.19. The highest BCUT2D eigenvalue weighted by atomic mass is 16.5. The molecular formula is C18H29N5O. The number of anilines is 1. The predicted octanol–water partition coefficient (Wildman–Crippen LogP) is 2.85. The van der Waals surface area contributed by atoms with Gasteiger partial charge in [-0.25, -0.2) is 0 Å². The molecule has 1 aliphatic heterocycles. The summed E-state index contributed by atoms with van der Waals surface area (Å²) in [6, 6.07) is 5.42. The van der Waals surface area contributed by atoms with E-state index >= 15 is 0 Å². The highest BCUT2D eigenvalue weighted by Crippen LogP contribution is 2.23. The molecule has 1 aliphatic rings. The molecule has 0 fully saturated rings. The molecule has 0 amide bonds. The van der Waals surface area contributed by atoms with Crippen LogP contribution in [0.3, 0.4) is 0 Å². The van der Waals surface area contributed by atoms with Gasteiger partial charge in [-0.1, -0.05) is 6.92 Å². The number of nitrogens with zero attached hydrogens (tertiary/aromatic N) is 2. The van der Waals surface area contributed by atoms with Crippen molar-refractivity contribution in [1.82, 2.24) is 10.2 Å². The quantitative estimate of drug-likeness (QED) is 0.530. The lowest BCUT2D eigenvalue weighted by molar-refractivity contribution is 0.242. The average molecular weight is 331 g/mol. The minimum atomic E-state index is -0.0714. The van der Waals surface area contributed by atoms with Gasteiger partial charge in [0.1, 0.15) is 11.9 Å². The first kappa shape index (κ1) is 18.0. The molecule has 6 nitrogen and oxygen atoms in total. The van der Waals surface area contributed by atoms with Crippen molar-refractivity contribution in [2.45, 2.75) is 39.5 Å². The van der Waals surface area contributed by atoms with Crippen LogP contribution < -0.4 is 15.8 Å². The fourth-order valence-corrected chi connectivity index (χ4v) is 2.55. The van der Waals surface area contributed by atoms with E-state index in [9.17, 15) is 0 Å². The van der Waals surface area contributed by atoms with Gasteiger partial charge in [-0.2, -0.15) is 0 Å². The van der Waals surface area contributed by atoms with Crippen molar-refractivity contribution in [1.29, 1.82) is 5.41 Å². The molecule has 0 radical (unpaired) electrons. The lowest BCUT2D eigenvalue weighted by Crippen LogP contribution is -2.35. The third kappa shape index (κ3) is 4.35. The molecule has 0 spiro atoms. The van der Waals surface area contributed by atoms with E-state index in [4.69, 9.17) is 15.9 Å². The van der Waals surface area contributed by atoms with Gasteiger partial charge in [0.15, 0.2) is 0 Å². The minimum absolute atomic E-state index is 0. The molecule has 4 N–H and O–H groups in total. The number of nitrogens with one attached hydrogen (secondary N) is 2. The molecule has 0 bridgehead atoms. The van der Waals surface area contributed by atoms with Gasteiger partial charge >= 0.3 is 0 Å². The monoisotopic (exact) mass is 331 g/mol. The van der Waals surface area contributed by atoms with Gasteiger partial charge in [0, 0.05) is 12.7 Å². The molecule has 24 heavy (non-hydrogen) atoms. The fraction of sp³-hybridized carbons (Fsp3) is 0.444. The number of rotatable bonds is 7. The molecule has 0 saturated carbocycles. The van der Waals surface area contributed by atoms with Gasteiger partial charge in [-0.15, -0.1) is 0 Å². The van der Waals surface area contributed by atoms with Crippen molar-refractivity contribution in [2.24, 2.45) is 4.99 Å². The topological polar surface area (TPSA) is 86.7 Å². The Hall–Kier alpha value is -2.34. The Morgan fingerprint density at radius 2 is 2.25 bits per heavy atom. The summed E-state index contributed by atoms with van der Waals surface area (Å²) >= 11 is 0. The molecule has 0 saturated heterocycles. The maximum Gasteiger partial charge on any atom is 0.124 e. The van der Waals surface area contributed by atoms with E-state index in [1.165, 1.54) is 0 Å². The first-order valence-corrected chi connectivity index (χ1v) is 8.28. The van der Waals surface area contributed by atoms with Gasteiger partial charge in [0.2, 0.25) is 0 Å². The lowest BCUT2D eigenvalue weighted by atomic mass is 10.0. The number of hydrogen-bond acceptors (Lipinski definition) is 6. The Balaban J connectivity index is 0.00000312. The Morgan fingerprint density at radius 1 is 1.50 bits per heavy atom. The van der Waals surface area contributed by atoms with Gasteiger partial charge in [-0.05, 0) is 58.1 Å². The first-order valence-electron chi connectivity index (χ1n) is 8.28. The van der Waals surface area contributed by atoms with Crippen LogP contribution in [0, 0.1) is 5.41 Å². The number of nitrogen functional groups attached to an aromatic ring is 1. The van der Waals surface area contributed by atoms with E-state index in [0.29, 0.717) is 28.4 Å². The molecule has 1 unspecified atom stereocenters. The number of benzene rings is 1. The van der Waals surface area contributed by atoms with Crippen molar-refractivity contribution in [3.05, 3.63) is 35.5 Å². The molecule has 0 aliphatic carbocycles. The highest BCUT2D eigenvalue weighted by molar-refractivity contribution is 6.14. The summed E-state index contributed by atoms with van der Waals surface area (Å²) in [6.45, 7) is 7.02. The van der Waals surface area contributed by atoms with E-state index in [1.54, 1.807) is 12.4 Å². The van der Waals surface area contributed by atoms with Crippen molar-refractivity contribution in [2.75, 3.05) is 19.3 Å². The maximum absolute atomic E-state index is 8.53. The van der Waals surface area contributed by atoms with Crippen molar-refractivity contribution in [3.8, 4) is 5.75 Å². The summed E-state index contributed by atoms with van der Waals surface area (Å²) < 4.78 is 5.71. The summed E-state index contributed by atoms with van der Waals surface area (Å²) in [7, 11) is 2.03. The second kappa shape index (κ2) is 7.97. The molecule has 1 aromatic rings. The van der Waals surface area contributed by atoms with Crippen LogP contribution >= 0.6 is 0 Å². The largest absolute Gasteiger partial charge is 0.491 e. The van der Waals surface area contributed by atoms with Gasteiger partial charge in [0.05, 0.1) is 23.9 Å². The third-order valence-corrected chi connectivity index (χ3v) is 3.73. The zero-order chi connectivity index (χ0) is 17.7. The van der Waals surface area contributed by atoms with Crippen molar-refractivity contribution >= 4 is 17.7 Å².